The summed E-state index contributed by atoms with van der Waals surface area (Å²) in [6.45, 7) is 2.24. The van der Waals surface area contributed by atoms with E-state index < -0.39 is 0 Å². The van der Waals surface area contributed by atoms with Crippen molar-refractivity contribution in [2.45, 2.75) is 38.6 Å². The van der Waals surface area contributed by atoms with Crippen LogP contribution in [0.5, 0.6) is 0 Å². The van der Waals surface area contributed by atoms with Crippen LogP contribution in [0.2, 0.25) is 0 Å². The zero-order chi connectivity index (χ0) is 13.8. The fourth-order valence-electron chi connectivity index (χ4n) is 2.84. The number of nitro groups is 1. The second kappa shape index (κ2) is 5.91. The number of nitro benzene ring substituents is 1. The molecule has 0 aliphatic heterocycles. The number of hydrogen-bond acceptors (Lipinski definition) is 4. The van der Waals surface area contributed by atoms with E-state index in [0.29, 0.717) is 23.3 Å². The number of nitrogens with one attached hydrogen (secondary N) is 2. The molecule has 5 heteroatoms. The van der Waals surface area contributed by atoms with E-state index in [4.69, 9.17) is 0 Å². The molecule has 5 nitrogen and oxygen atoms in total. The van der Waals surface area contributed by atoms with Crippen molar-refractivity contribution in [3.8, 4) is 0 Å². The fourth-order valence-corrected chi connectivity index (χ4v) is 2.84. The van der Waals surface area contributed by atoms with Gasteiger partial charge in [0.2, 0.25) is 0 Å². The van der Waals surface area contributed by atoms with E-state index in [-0.39, 0.29) is 10.6 Å². The molecule has 2 unspecified atom stereocenters. The maximum absolute atomic E-state index is 11.2. The van der Waals surface area contributed by atoms with Gasteiger partial charge in [0.1, 0.15) is 11.4 Å². The van der Waals surface area contributed by atoms with Gasteiger partial charge in [0.15, 0.2) is 0 Å². The zero-order valence-corrected chi connectivity index (χ0v) is 11.5. The average Bonchev–Trinajstić information content (AvgIpc) is 2.38. The fraction of sp³-hybridized carbons (Fsp3) is 0.571. The minimum atomic E-state index is -0.319. The topological polar surface area (TPSA) is 67.2 Å². The summed E-state index contributed by atoms with van der Waals surface area (Å²) in [5, 5.41) is 17.5. The number of rotatable bonds is 4. The Balaban J connectivity index is 2.21. The van der Waals surface area contributed by atoms with Crippen LogP contribution in [0.15, 0.2) is 18.2 Å². The van der Waals surface area contributed by atoms with Crippen LogP contribution in [0.1, 0.15) is 32.6 Å². The lowest BCUT2D eigenvalue weighted by molar-refractivity contribution is -0.383. The molecule has 2 rings (SSSR count). The van der Waals surface area contributed by atoms with E-state index in [0.717, 1.165) is 12.8 Å². The predicted molar refractivity (Wildman–Crippen MR) is 77.7 cm³/mol. The molecular weight excluding hydrogens is 242 g/mol. The molecule has 1 aliphatic carbocycles. The molecule has 19 heavy (non-hydrogen) atoms. The second-order valence-electron chi connectivity index (χ2n) is 5.32. The van der Waals surface area contributed by atoms with E-state index >= 15 is 0 Å². The van der Waals surface area contributed by atoms with Crippen molar-refractivity contribution < 1.29 is 4.92 Å². The number of para-hydroxylation sites is 1. The summed E-state index contributed by atoms with van der Waals surface area (Å²) in [4.78, 5) is 10.9. The molecule has 0 spiro atoms. The Morgan fingerprint density at radius 3 is 2.68 bits per heavy atom. The molecule has 1 aromatic rings. The van der Waals surface area contributed by atoms with Crippen LogP contribution in [0.4, 0.5) is 17.1 Å². The number of nitrogens with zero attached hydrogens (tertiary/aromatic N) is 1. The number of anilines is 2. The van der Waals surface area contributed by atoms with Gasteiger partial charge in [-0.2, -0.15) is 0 Å². The normalized spacial score (nSPS) is 22.8. The molecular formula is C14H21N3O2. The third-order valence-corrected chi connectivity index (χ3v) is 3.78. The van der Waals surface area contributed by atoms with Gasteiger partial charge in [-0.1, -0.05) is 25.8 Å². The van der Waals surface area contributed by atoms with Gasteiger partial charge in [-0.15, -0.1) is 0 Å². The van der Waals surface area contributed by atoms with Crippen LogP contribution in [-0.2, 0) is 0 Å². The lowest BCUT2D eigenvalue weighted by atomic mass is 9.87. The summed E-state index contributed by atoms with van der Waals surface area (Å²) in [5.41, 5.74) is 1.32. The van der Waals surface area contributed by atoms with Crippen LogP contribution in [0.25, 0.3) is 0 Å². The van der Waals surface area contributed by atoms with Crippen LogP contribution < -0.4 is 10.6 Å². The van der Waals surface area contributed by atoms with Gasteiger partial charge in [0, 0.05) is 13.1 Å². The van der Waals surface area contributed by atoms with Crippen molar-refractivity contribution in [2.24, 2.45) is 5.92 Å². The van der Waals surface area contributed by atoms with Crippen molar-refractivity contribution in [3.63, 3.8) is 0 Å². The smallest absolute Gasteiger partial charge is 0.315 e. The minimum Gasteiger partial charge on any atom is -0.382 e. The molecule has 1 saturated carbocycles. The monoisotopic (exact) mass is 263 g/mol. The molecule has 0 saturated heterocycles. The second-order valence-corrected chi connectivity index (χ2v) is 5.32. The van der Waals surface area contributed by atoms with E-state index in [9.17, 15) is 10.1 Å². The molecule has 2 N–H and O–H groups in total. The summed E-state index contributed by atoms with van der Waals surface area (Å²) in [7, 11) is 1.70. The molecule has 0 radical (unpaired) electrons. The first kappa shape index (κ1) is 13.6. The molecule has 1 fully saturated rings. The number of benzene rings is 1. The molecule has 0 amide bonds. The first-order valence-corrected chi connectivity index (χ1v) is 6.83. The van der Waals surface area contributed by atoms with E-state index in [2.05, 4.69) is 17.6 Å². The maximum Gasteiger partial charge on any atom is 0.315 e. The van der Waals surface area contributed by atoms with Crippen LogP contribution >= 0.6 is 0 Å². The summed E-state index contributed by atoms with van der Waals surface area (Å²) in [6.07, 6.45) is 4.63. The molecule has 0 aromatic heterocycles. The van der Waals surface area contributed by atoms with Crippen LogP contribution in [0, 0.1) is 16.0 Å². The first-order chi connectivity index (χ1) is 9.11. The zero-order valence-electron chi connectivity index (χ0n) is 11.5. The van der Waals surface area contributed by atoms with Crippen molar-refractivity contribution in [1.82, 2.24) is 0 Å². The SMILES string of the molecule is CNc1cccc(NC2CCCC(C)C2)c1[N+](=O)[O-]. The number of hydrogen-bond donors (Lipinski definition) is 2. The standard InChI is InChI=1S/C14H21N3O2/c1-10-5-3-6-11(9-10)16-13-8-4-7-12(15-2)14(13)17(18)19/h4,7-8,10-11,15-16H,3,5-6,9H2,1-2H3. The molecule has 1 aromatic carbocycles. The van der Waals surface area contributed by atoms with Crippen molar-refractivity contribution in [2.75, 3.05) is 17.7 Å². The summed E-state index contributed by atoms with van der Waals surface area (Å²) in [5.74, 6) is 0.692. The maximum atomic E-state index is 11.2. The average molecular weight is 263 g/mol. The summed E-state index contributed by atoms with van der Waals surface area (Å²) < 4.78 is 0. The van der Waals surface area contributed by atoms with Gasteiger partial charge in [-0.05, 0) is 30.9 Å². The lowest BCUT2D eigenvalue weighted by Crippen LogP contribution is -2.26. The minimum absolute atomic E-state index is 0.142. The van der Waals surface area contributed by atoms with E-state index in [1.807, 2.05) is 6.07 Å². The summed E-state index contributed by atoms with van der Waals surface area (Å²) in [6, 6.07) is 5.70. The quantitative estimate of drug-likeness (QED) is 0.643. The largest absolute Gasteiger partial charge is 0.382 e. The van der Waals surface area contributed by atoms with Gasteiger partial charge in [-0.25, -0.2) is 0 Å². The van der Waals surface area contributed by atoms with Crippen molar-refractivity contribution in [3.05, 3.63) is 28.3 Å². The van der Waals surface area contributed by atoms with Gasteiger partial charge < -0.3 is 10.6 Å². The highest BCUT2D eigenvalue weighted by atomic mass is 16.6. The Labute approximate surface area is 113 Å². The van der Waals surface area contributed by atoms with Crippen LogP contribution in [0.3, 0.4) is 0 Å². The molecule has 1 aliphatic rings. The van der Waals surface area contributed by atoms with Crippen molar-refractivity contribution in [1.29, 1.82) is 0 Å². The van der Waals surface area contributed by atoms with E-state index in [1.54, 1.807) is 19.2 Å². The van der Waals surface area contributed by atoms with Gasteiger partial charge in [0.25, 0.3) is 0 Å². The Morgan fingerprint density at radius 2 is 2.05 bits per heavy atom. The highest BCUT2D eigenvalue weighted by Crippen LogP contribution is 2.35. The van der Waals surface area contributed by atoms with Gasteiger partial charge in [0.05, 0.1) is 4.92 Å². The highest BCUT2D eigenvalue weighted by molar-refractivity contribution is 5.76. The predicted octanol–water partition coefficient (Wildman–Crippen LogP) is 3.63. The molecule has 0 bridgehead atoms. The lowest BCUT2D eigenvalue weighted by Gasteiger charge is -2.28. The summed E-state index contributed by atoms with van der Waals surface area (Å²) >= 11 is 0. The Hall–Kier alpha value is -1.78. The van der Waals surface area contributed by atoms with Crippen molar-refractivity contribution >= 4 is 17.1 Å². The highest BCUT2D eigenvalue weighted by Gasteiger charge is 2.24. The van der Waals surface area contributed by atoms with E-state index in [1.165, 1.54) is 12.8 Å². The third-order valence-electron chi connectivity index (χ3n) is 3.78. The first-order valence-electron chi connectivity index (χ1n) is 6.83. The molecule has 104 valence electrons. The Morgan fingerprint density at radius 1 is 1.32 bits per heavy atom. The molecule has 2 atom stereocenters. The van der Waals surface area contributed by atoms with Crippen LogP contribution in [-0.4, -0.2) is 18.0 Å². The Bertz CT molecular complexity index is 462. The third kappa shape index (κ3) is 3.16. The van der Waals surface area contributed by atoms with Gasteiger partial charge in [-0.3, -0.25) is 10.1 Å². The molecule has 0 heterocycles. The Kier molecular flexibility index (Phi) is 4.24. The van der Waals surface area contributed by atoms with Gasteiger partial charge >= 0.3 is 5.69 Å².